The zero-order chi connectivity index (χ0) is 13.4. The lowest BCUT2D eigenvalue weighted by atomic mass is 9.93. The minimum atomic E-state index is -1.70. The Kier molecular flexibility index (Phi) is 3.08. The Balaban J connectivity index is 2.48. The molecule has 0 bridgehead atoms. The van der Waals surface area contributed by atoms with Gasteiger partial charge in [-0.25, -0.2) is 0 Å². The lowest BCUT2D eigenvalue weighted by Gasteiger charge is -2.16. The number of hydrogen-bond donors (Lipinski definition) is 3. The molecule has 0 fully saturated rings. The highest BCUT2D eigenvalue weighted by Crippen LogP contribution is 2.33. The van der Waals surface area contributed by atoms with Gasteiger partial charge >= 0.3 is 11.9 Å². The summed E-state index contributed by atoms with van der Waals surface area (Å²) in [5.74, 6) is -5.13. The van der Waals surface area contributed by atoms with Crippen LogP contribution < -0.4 is 5.32 Å². The molecular weight excluding hydrogens is 306 g/mol. The van der Waals surface area contributed by atoms with Crippen molar-refractivity contribution in [2.75, 3.05) is 0 Å². The van der Waals surface area contributed by atoms with Gasteiger partial charge in [0.1, 0.15) is 0 Å². The predicted octanol–water partition coefficient (Wildman–Crippen LogP) is 1.02. The second-order valence-electron chi connectivity index (χ2n) is 3.84. The zero-order valence-electron chi connectivity index (χ0n) is 8.88. The maximum Gasteiger partial charge on any atom is 0.320 e. The van der Waals surface area contributed by atoms with Gasteiger partial charge in [0.25, 0.3) is 5.91 Å². The van der Waals surface area contributed by atoms with E-state index in [0.29, 0.717) is 15.6 Å². The molecule has 1 unspecified atom stereocenters. The minimum absolute atomic E-state index is 0.293. The van der Waals surface area contributed by atoms with Gasteiger partial charge in [0, 0.05) is 10.0 Å². The first kappa shape index (κ1) is 12.6. The fourth-order valence-electron chi connectivity index (χ4n) is 1.95. The van der Waals surface area contributed by atoms with E-state index in [0.717, 1.165) is 0 Å². The summed E-state index contributed by atoms with van der Waals surface area (Å²) in [6.07, 6.45) is 0. The number of aliphatic carboxylic acids is 2. The SMILES string of the molecule is O=C1NC(C(C(=O)O)C(=O)O)c2ccc(Br)cc21. The van der Waals surface area contributed by atoms with Crippen LogP contribution in [-0.4, -0.2) is 28.1 Å². The van der Waals surface area contributed by atoms with Gasteiger partial charge in [-0.2, -0.15) is 0 Å². The molecule has 18 heavy (non-hydrogen) atoms. The van der Waals surface area contributed by atoms with Gasteiger partial charge in [-0.15, -0.1) is 0 Å². The second-order valence-corrected chi connectivity index (χ2v) is 4.75. The summed E-state index contributed by atoms with van der Waals surface area (Å²) in [5, 5.41) is 20.2. The average Bonchev–Trinajstić information content (AvgIpc) is 2.55. The Morgan fingerprint density at radius 3 is 2.44 bits per heavy atom. The van der Waals surface area contributed by atoms with Gasteiger partial charge < -0.3 is 15.5 Å². The Morgan fingerprint density at radius 2 is 1.89 bits per heavy atom. The third-order valence-electron chi connectivity index (χ3n) is 2.75. The summed E-state index contributed by atoms with van der Waals surface area (Å²) in [7, 11) is 0. The smallest absolute Gasteiger partial charge is 0.320 e. The first-order valence-corrected chi connectivity index (χ1v) is 5.77. The molecule has 7 heteroatoms. The van der Waals surface area contributed by atoms with Gasteiger partial charge in [0.2, 0.25) is 0 Å². The van der Waals surface area contributed by atoms with Crippen molar-refractivity contribution in [3.63, 3.8) is 0 Å². The number of amides is 1. The number of hydrogen-bond acceptors (Lipinski definition) is 3. The molecule has 1 heterocycles. The number of carbonyl (C=O) groups excluding carboxylic acids is 1. The molecule has 0 aromatic heterocycles. The van der Waals surface area contributed by atoms with Crippen LogP contribution in [0.2, 0.25) is 0 Å². The van der Waals surface area contributed by atoms with E-state index in [1.54, 1.807) is 12.1 Å². The Hall–Kier alpha value is -1.89. The number of halogens is 1. The molecule has 6 nitrogen and oxygen atoms in total. The van der Waals surface area contributed by atoms with Crippen molar-refractivity contribution in [3.8, 4) is 0 Å². The molecule has 1 amide bonds. The molecule has 1 aromatic carbocycles. The van der Waals surface area contributed by atoms with E-state index in [9.17, 15) is 14.4 Å². The van der Waals surface area contributed by atoms with Crippen LogP contribution in [-0.2, 0) is 9.59 Å². The summed E-state index contributed by atoms with van der Waals surface area (Å²) >= 11 is 3.19. The lowest BCUT2D eigenvalue weighted by molar-refractivity contribution is -0.155. The highest BCUT2D eigenvalue weighted by molar-refractivity contribution is 9.10. The van der Waals surface area contributed by atoms with Crippen molar-refractivity contribution >= 4 is 33.8 Å². The molecular formula is C11H8BrNO5. The molecule has 1 aliphatic heterocycles. The third-order valence-corrected chi connectivity index (χ3v) is 3.24. The second kappa shape index (κ2) is 4.41. The lowest BCUT2D eigenvalue weighted by Crippen LogP contribution is -2.36. The quantitative estimate of drug-likeness (QED) is 0.723. The van der Waals surface area contributed by atoms with E-state index in [1.807, 2.05) is 0 Å². The molecule has 94 valence electrons. The number of carbonyl (C=O) groups is 3. The minimum Gasteiger partial charge on any atom is -0.481 e. The van der Waals surface area contributed by atoms with Crippen molar-refractivity contribution in [1.82, 2.24) is 5.32 Å². The Labute approximate surface area is 110 Å². The van der Waals surface area contributed by atoms with Crippen molar-refractivity contribution in [1.29, 1.82) is 0 Å². The van der Waals surface area contributed by atoms with E-state index in [1.165, 1.54) is 6.07 Å². The topological polar surface area (TPSA) is 104 Å². The molecule has 1 atom stereocenters. The molecule has 0 aliphatic carbocycles. The van der Waals surface area contributed by atoms with Crippen LogP contribution in [0.4, 0.5) is 0 Å². The number of nitrogens with one attached hydrogen (secondary N) is 1. The zero-order valence-corrected chi connectivity index (χ0v) is 10.5. The third kappa shape index (κ3) is 1.97. The molecule has 0 saturated carbocycles. The largest absolute Gasteiger partial charge is 0.481 e. The van der Waals surface area contributed by atoms with Crippen LogP contribution in [0.5, 0.6) is 0 Å². The van der Waals surface area contributed by atoms with Gasteiger partial charge in [-0.3, -0.25) is 14.4 Å². The normalized spacial score (nSPS) is 17.4. The predicted molar refractivity (Wildman–Crippen MR) is 63.1 cm³/mol. The number of rotatable bonds is 3. The van der Waals surface area contributed by atoms with E-state index in [-0.39, 0.29) is 0 Å². The molecule has 2 rings (SSSR count). The Bertz CT molecular complexity index is 542. The van der Waals surface area contributed by atoms with Crippen LogP contribution >= 0.6 is 15.9 Å². The van der Waals surface area contributed by atoms with Crippen LogP contribution in [0.15, 0.2) is 22.7 Å². The van der Waals surface area contributed by atoms with Crippen molar-refractivity contribution < 1.29 is 24.6 Å². The van der Waals surface area contributed by atoms with Gasteiger partial charge in [-0.05, 0) is 17.7 Å². The Morgan fingerprint density at radius 1 is 1.28 bits per heavy atom. The van der Waals surface area contributed by atoms with Crippen molar-refractivity contribution in [3.05, 3.63) is 33.8 Å². The average molecular weight is 314 g/mol. The van der Waals surface area contributed by atoms with Crippen LogP contribution in [0.25, 0.3) is 0 Å². The maximum absolute atomic E-state index is 11.7. The summed E-state index contributed by atoms with van der Waals surface area (Å²) in [6, 6.07) is 3.66. The highest BCUT2D eigenvalue weighted by atomic mass is 79.9. The molecule has 1 aromatic rings. The monoisotopic (exact) mass is 313 g/mol. The number of benzene rings is 1. The van der Waals surface area contributed by atoms with Crippen LogP contribution in [0.3, 0.4) is 0 Å². The van der Waals surface area contributed by atoms with E-state index in [4.69, 9.17) is 10.2 Å². The number of carboxylic acids is 2. The molecule has 0 saturated heterocycles. The van der Waals surface area contributed by atoms with Crippen molar-refractivity contribution in [2.24, 2.45) is 5.92 Å². The molecule has 3 N–H and O–H groups in total. The van der Waals surface area contributed by atoms with E-state index in [2.05, 4.69) is 21.2 Å². The summed E-state index contributed by atoms with van der Waals surface area (Å²) in [4.78, 5) is 33.6. The van der Waals surface area contributed by atoms with Gasteiger partial charge in [-0.1, -0.05) is 22.0 Å². The van der Waals surface area contributed by atoms with Crippen molar-refractivity contribution in [2.45, 2.75) is 6.04 Å². The van der Waals surface area contributed by atoms with Gasteiger partial charge in [0.15, 0.2) is 5.92 Å². The first-order valence-electron chi connectivity index (χ1n) is 4.97. The first-order chi connectivity index (χ1) is 8.41. The van der Waals surface area contributed by atoms with Gasteiger partial charge in [0.05, 0.1) is 6.04 Å². The highest BCUT2D eigenvalue weighted by Gasteiger charge is 2.42. The molecule has 0 radical (unpaired) electrons. The number of fused-ring (bicyclic) bond motifs is 1. The maximum atomic E-state index is 11.7. The fourth-order valence-corrected chi connectivity index (χ4v) is 2.31. The van der Waals surface area contributed by atoms with Crippen LogP contribution in [0, 0.1) is 5.92 Å². The number of carboxylic acid groups (broad SMARTS) is 2. The molecule has 0 spiro atoms. The summed E-state index contributed by atoms with van der Waals surface area (Å²) in [5.41, 5.74) is 0.680. The fraction of sp³-hybridized carbons (Fsp3) is 0.182. The van der Waals surface area contributed by atoms with E-state index < -0.39 is 29.8 Å². The summed E-state index contributed by atoms with van der Waals surface area (Å²) < 4.78 is 0.666. The summed E-state index contributed by atoms with van der Waals surface area (Å²) in [6.45, 7) is 0. The standard InChI is InChI=1S/C11H8BrNO5/c12-4-1-2-5-6(3-4)9(14)13-8(5)7(10(15)16)11(17)18/h1-3,7-8H,(H,13,14)(H,15,16)(H,17,18). The van der Waals surface area contributed by atoms with E-state index >= 15 is 0 Å². The molecule has 1 aliphatic rings. The van der Waals surface area contributed by atoms with Crippen LogP contribution in [0.1, 0.15) is 22.0 Å².